The highest BCUT2D eigenvalue weighted by Crippen LogP contribution is 2.15. The molecule has 0 radical (unpaired) electrons. The predicted molar refractivity (Wildman–Crippen MR) is 49.6 cm³/mol. The maximum Gasteiger partial charge on any atom is 0.269 e. The Morgan fingerprint density at radius 2 is 1.92 bits per heavy atom. The fourth-order valence-electron chi connectivity index (χ4n) is 0.722. The molecule has 0 N–H and O–H groups in total. The van der Waals surface area contributed by atoms with Crippen LogP contribution < -0.4 is 0 Å². The summed E-state index contributed by atoms with van der Waals surface area (Å²) in [5, 5.41) is 10.2. The van der Waals surface area contributed by atoms with Crippen LogP contribution in [-0.4, -0.2) is 9.13 Å². The van der Waals surface area contributed by atoms with E-state index in [-0.39, 0.29) is 5.69 Å². The lowest BCUT2D eigenvalue weighted by molar-refractivity contribution is -0.384. The average molecular weight is 219 g/mol. The molecule has 13 heavy (non-hydrogen) atoms. The number of nitro benzene ring substituents is 1. The first-order valence-electron chi connectivity index (χ1n) is 3.13. The molecule has 0 bridgehead atoms. The second-order valence-corrected chi connectivity index (χ2v) is 3.60. The minimum Gasteiger partial charge on any atom is -0.258 e. The van der Waals surface area contributed by atoms with Gasteiger partial charge in [0, 0.05) is 12.1 Å². The number of nitro groups is 1. The van der Waals surface area contributed by atoms with Crippen LogP contribution in [0.2, 0.25) is 0 Å². The molecule has 0 fully saturated rings. The quantitative estimate of drug-likeness (QED) is 0.362. The lowest BCUT2D eigenvalue weighted by Gasteiger charge is -1.96. The molecule has 0 aromatic heterocycles. The Bertz CT molecular complexity index is 337. The summed E-state index contributed by atoms with van der Waals surface area (Å²) in [7, 11) is 0. The van der Waals surface area contributed by atoms with Crippen molar-refractivity contribution in [1.82, 2.24) is 0 Å². The normalized spacial score (nSPS) is 12.4. The first-order chi connectivity index (χ1) is 6.15. The van der Waals surface area contributed by atoms with Crippen molar-refractivity contribution in [3.63, 3.8) is 0 Å². The van der Waals surface area contributed by atoms with E-state index in [4.69, 9.17) is 0 Å². The fourth-order valence-corrected chi connectivity index (χ4v) is 1.42. The van der Waals surface area contributed by atoms with Gasteiger partial charge < -0.3 is 0 Å². The zero-order chi connectivity index (χ0) is 9.84. The van der Waals surface area contributed by atoms with Gasteiger partial charge in [-0.1, -0.05) is 0 Å². The molecular formula is C6H5NO4S2. The zero-order valence-electron chi connectivity index (χ0n) is 6.25. The van der Waals surface area contributed by atoms with Gasteiger partial charge in [-0.05, 0) is 25.0 Å². The van der Waals surface area contributed by atoms with E-state index in [1.165, 1.54) is 24.3 Å². The molecule has 1 unspecified atom stereocenters. The molecule has 0 saturated carbocycles. The number of hydrogen-bond acceptors (Lipinski definition) is 5. The molecule has 0 amide bonds. The van der Waals surface area contributed by atoms with E-state index < -0.39 is 16.0 Å². The molecular weight excluding hydrogens is 214 g/mol. The molecule has 1 aromatic carbocycles. The van der Waals surface area contributed by atoms with Crippen LogP contribution in [0.1, 0.15) is 0 Å². The Morgan fingerprint density at radius 1 is 1.38 bits per heavy atom. The number of thiol groups is 1. The Labute approximate surface area is 82.1 Å². The molecule has 70 valence electrons. The summed E-state index contributed by atoms with van der Waals surface area (Å²) in [6.45, 7) is 0. The van der Waals surface area contributed by atoms with Crippen molar-refractivity contribution in [1.29, 1.82) is 0 Å². The van der Waals surface area contributed by atoms with E-state index in [1.807, 2.05) is 0 Å². The van der Waals surface area contributed by atoms with Crippen molar-refractivity contribution >= 4 is 29.7 Å². The van der Waals surface area contributed by atoms with Gasteiger partial charge in [-0.2, -0.15) is 0 Å². The molecule has 0 aliphatic heterocycles. The van der Waals surface area contributed by atoms with Gasteiger partial charge in [0.25, 0.3) is 5.69 Å². The first-order valence-corrected chi connectivity index (χ1v) is 4.57. The van der Waals surface area contributed by atoms with E-state index in [2.05, 4.69) is 16.5 Å². The van der Waals surface area contributed by atoms with Crippen molar-refractivity contribution in [3.8, 4) is 0 Å². The molecule has 1 rings (SSSR count). The third-order valence-electron chi connectivity index (χ3n) is 1.31. The van der Waals surface area contributed by atoms with Crippen LogP contribution in [0, 0.1) is 10.1 Å². The van der Waals surface area contributed by atoms with Gasteiger partial charge in [0.15, 0.2) is 0 Å². The summed E-state index contributed by atoms with van der Waals surface area (Å²) in [4.78, 5) is 10.0. The Kier molecular flexibility index (Phi) is 3.40. The highest BCUT2D eigenvalue weighted by molar-refractivity contribution is 7.91. The van der Waals surface area contributed by atoms with E-state index in [0.29, 0.717) is 4.90 Å². The lowest BCUT2D eigenvalue weighted by Crippen LogP contribution is -1.91. The molecule has 7 heteroatoms. The zero-order valence-corrected chi connectivity index (χ0v) is 7.96. The van der Waals surface area contributed by atoms with Gasteiger partial charge in [-0.25, -0.2) is 7.84 Å². The van der Waals surface area contributed by atoms with Gasteiger partial charge in [0.1, 0.15) is 0 Å². The van der Waals surface area contributed by atoms with Crippen LogP contribution in [0.4, 0.5) is 5.69 Å². The van der Waals surface area contributed by atoms with Crippen molar-refractivity contribution < 1.29 is 12.8 Å². The van der Waals surface area contributed by atoms with Crippen molar-refractivity contribution in [2.24, 2.45) is 0 Å². The van der Waals surface area contributed by atoms with E-state index in [9.17, 15) is 14.3 Å². The van der Waals surface area contributed by atoms with Gasteiger partial charge in [-0.15, -0.1) is 0 Å². The van der Waals surface area contributed by atoms with Crippen LogP contribution >= 0.6 is 12.9 Å². The summed E-state index contributed by atoms with van der Waals surface area (Å²) in [6.07, 6.45) is 0. The minimum atomic E-state index is -1.67. The third kappa shape index (κ3) is 2.51. The molecule has 0 aliphatic rings. The number of rotatable bonds is 3. The van der Waals surface area contributed by atoms with Crippen LogP contribution in [0.3, 0.4) is 0 Å². The average Bonchev–Trinajstić information content (AvgIpc) is 2.17. The fraction of sp³-hybridized carbons (Fsp3) is 0. The summed E-state index contributed by atoms with van der Waals surface area (Å²) in [5.74, 6) is 0. The smallest absolute Gasteiger partial charge is 0.258 e. The second-order valence-electron chi connectivity index (χ2n) is 2.06. The number of benzene rings is 1. The maximum atomic E-state index is 10.9. The van der Waals surface area contributed by atoms with Gasteiger partial charge in [0.2, 0.25) is 11.1 Å². The van der Waals surface area contributed by atoms with E-state index in [0.717, 1.165) is 0 Å². The molecule has 5 nitrogen and oxygen atoms in total. The number of nitrogens with zero attached hydrogens (tertiary/aromatic N) is 1. The Morgan fingerprint density at radius 3 is 2.31 bits per heavy atom. The molecule has 0 saturated heterocycles. The molecule has 1 aromatic rings. The second kappa shape index (κ2) is 4.35. The largest absolute Gasteiger partial charge is 0.269 e. The standard InChI is InChI=1S/C6H5NO4S2/c8-7(9)5-1-3-6(4-2-5)13(10)11-12/h1-4,12H. The van der Waals surface area contributed by atoms with Gasteiger partial charge in [-0.3, -0.25) is 10.1 Å². The van der Waals surface area contributed by atoms with Gasteiger partial charge in [0.05, 0.1) is 9.82 Å². The summed E-state index contributed by atoms with van der Waals surface area (Å²) in [5.41, 5.74) is -0.0556. The molecule has 0 heterocycles. The summed E-state index contributed by atoms with van der Waals surface area (Å²) in [6, 6.07) is 5.20. The molecule has 1 atom stereocenters. The first kappa shape index (κ1) is 10.2. The van der Waals surface area contributed by atoms with Crippen molar-refractivity contribution in [2.75, 3.05) is 0 Å². The summed E-state index contributed by atoms with van der Waals surface area (Å²) < 4.78 is 15.2. The van der Waals surface area contributed by atoms with Crippen molar-refractivity contribution in [2.45, 2.75) is 4.90 Å². The maximum absolute atomic E-state index is 10.9. The lowest BCUT2D eigenvalue weighted by atomic mass is 10.3. The van der Waals surface area contributed by atoms with Crippen LogP contribution in [-0.2, 0) is 14.7 Å². The van der Waals surface area contributed by atoms with Crippen LogP contribution in [0.25, 0.3) is 0 Å². The monoisotopic (exact) mass is 219 g/mol. The third-order valence-corrected chi connectivity index (χ3v) is 2.51. The number of non-ortho nitro benzene ring substituents is 1. The van der Waals surface area contributed by atoms with Crippen LogP contribution in [0.5, 0.6) is 0 Å². The molecule has 0 aliphatic carbocycles. The summed E-state index contributed by atoms with van der Waals surface area (Å²) >= 11 is 1.69. The van der Waals surface area contributed by atoms with E-state index in [1.54, 1.807) is 0 Å². The minimum absolute atomic E-state index is 0.0556. The number of hydrogen-bond donors (Lipinski definition) is 1. The van der Waals surface area contributed by atoms with E-state index >= 15 is 0 Å². The molecule has 0 spiro atoms. The topological polar surface area (TPSA) is 69.4 Å². The van der Waals surface area contributed by atoms with Gasteiger partial charge >= 0.3 is 0 Å². The van der Waals surface area contributed by atoms with Crippen molar-refractivity contribution in [3.05, 3.63) is 34.4 Å². The Balaban J connectivity index is 2.93. The SMILES string of the molecule is O=[N+]([O-])c1ccc(S(=O)OS)cc1. The highest BCUT2D eigenvalue weighted by atomic mass is 32.2. The predicted octanol–water partition coefficient (Wildman–Crippen LogP) is 1.48. The highest BCUT2D eigenvalue weighted by Gasteiger charge is 2.07. The van der Waals surface area contributed by atoms with Crippen LogP contribution in [0.15, 0.2) is 29.2 Å². The Hall–Kier alpha value is -0.920.